The maximum atomic E-state index is 14.9. The van der Waals surface area contributed by atoms with Crippen molar-refractivity contribution in [2.45, 2.75) is 25.8 Å². The third-order valence-corrected chi connectivity index (χ3v) is 5.80. The summed E-state index contributed by atoms with van der Waals surface area (Å²) in [6.07, 6.45) is 1.30. The third kappa shape index (κ3) is 4.71. The summed E-state index contributed by atoms with van der Waals surface area (Å²) in [4.78, 5) is 27.5. The van der Waals surface area contributed by atoms with Gasteiger partial charge in [-0.15, -0.1) is 0 Å². The number of benzene rings is 3. The molecule has 5 nitrogen and oxygen atoms in total. The van der Waals surface area contributed by atoms with E-state index in [0.29, 0.717) is 24.3 Å². The summed E-state index contributed by atoms with van der Waals surface area (Å²) in [7, 11) is 0. The zero-order valence-corrected chi connectivity index (χ0v) is 18.9. The number of ether oxygens (including phenoxy) is 1. The number of aliphatic hydroxyl groups is 1. The maximum absolute atomic E-state index is 14.9. The Morgan fingerprint density at radius 1 is 1.00 bits per heavy atom. The Morgan fingerprint density at radius 3 is 2.47 bits per heavy atom. The van der Waals surface area contributed by atoms with Gasteiger partial charge in [0.2, 0.25) is 0 Å². The molecule has 1 aliphatic rings. The van der Waals surface area contributed by atoms with E-state index in [9.17, 15) is 19.1 Å². The molecule has 3 aromatic carbocycles. The zero-order chi connectivity index (χ0) is 24.1. The third-order valence-electron chi connectivity index (χ3n) is 5.80. The molecule has 174 valence electrons. The van der Waals surface area contributed by atoms with Gasteiger partial charge in [-0.3, -0.25) is 9.59 Å². The number of carbonyl (C=O) groups excluding carboxylic acids is 2. The number of ketones is 1. The predicted molar refractivity (Wildman–Crippen MR) is 128 cm³/mol. The van der Waals surface area contributed by atoms with Crippen LogP contribution < -0.4 is 4.74 Å². The molecule has 0 spiro atoms. The molecule has 1 N–H and O–H groups in total. The Kier molecular flexibility index (Phi) is 7.07. The molecule has 1 heterocycles. The Balaban J connectivity index is 1.78. The normalized spacial score (nSPS) is 17.2. The Labute approximate surface area is 198 Å². The number of hydrogen-bond acceptors (Lipinski definition) is 4. The van der Waals surface area contributed by atoms with Crippen molar-refractivity contribution in [2.24, 2.45) is 0 Å². The molecule has 0 aliphatic carbocycles. The van der Waals surface area contributed by atoms with Crippen LogP contribution in [0.25, 0.3) is 5.76 Å². The van der Waals surface area contributed by atoms with Crippen LogP contribution in [0.15, 0.2) is 84.4 Å². The highest BCUT2D eigenvalue weighted by molar-refractivity contribution is 6.46. The van der Waals surface area contributed by atoms with E-state index in [0.717, 1.165) is 12.0 Å². The number of likely N-dealkylation sites (tertiary alicyclic amines) is 1. The maximum Gasteiger partial charge on any atom is 0.295 e. The summed E-state index contributed by atoms with van der Waals surface area (Å²) in [5.41, 5.74) is 1.35. The molecule has 0 saturated carbocycles. The molecule has 1 atom stereocenters. The Morgan fingerprint density at radius 2 is 1.74 bits per heavy atom. The van der Waals surface area contributed by atoms with E-state index < -0.39 is 23.5 Å². The van der Waals surface area contributed by atoms with Crippen LogP contribution in [0.4, 0.5) is 4.39 Å². The van der Waals surface area contributed by atoms with E-state index >= 15 is 0 Å². The molecule has 1 fully saturated rings. The molecular weight excluding hydrogens is 433 g/mol. The number of hydrogen-bond donors (Lipinski definition) is 1. The van der Waals surface area contributed by atoms with Crippen LogP contribution in [0, 0.1) is 5.82 Å². The summed E-state index contributed by atoms with van der Waals surface area (Å²) in [6, 6.07) is 21.2. The smallest absolute Gasteiger partial charge is 0.295 e. The molecule has 4 rings (SSSR count). The first-order valence-corrected chi connectivity index (χ1v) is 11.3. The lowest BCUT2D eigenvalue weighted by molar-refractivity contribution is -0.139. The minimum Gasteiger partial charge on any atom is -0.507 e. The Bertz CT molecular complexity index is 1220. The minimum absolute atomic E-state index is 0.129. The lowest BCUT2D eigenvalue weighted by atomic mass is 9.94. The Hall–Kier alpha value is -3.93. The zero-order valence-electron chi connectivity index (χ0n) is 18.9. The molecule has 34 heavy (non-hydrogen) atoms. The van der Waals surface area contributed by atoms with Gasteiger partial charge in [-0.2, -0.15) is 0 Å². The number of rotatable bonds is 8. The van der Waals surface area contributed by atoms with Crippen molar-refractivity contribution in [3.05, 3.63) is 107 Å². The number of halogens is 1. The molecule has 0 radical (unpaired) electrons. The quantitative estimate of drug-likeness (QED) is 0.283. The van der Waals surface area contributed by atoms with E-state index in [1.807, 2.05) is 37.3 Å². The fourth-order valence-corrected chi connectivity index (χ4v) is 4.13. The number of aliphatic hydroxyl groups excluding tert-OH is 1. The second-order valence-electron chi connectivity index (χ2n) is 8.13. The summed E-state index contributed by atoms with van der Waals surface area (Å²) in [6.45, 7) is 2.68. The summed E-state index contributed by atoms with van der Waals surface area (Å²) < 4.78 is 20.5. The molecule has 0 aromatic heterocycles. The predicted octanol–water partition coefficient (Wildman–Crippen LogP) is 5.28. The van der Waals surface area contributed by atoms with Crippen LogP contribution >= 0.6 is 0 Å². The monoisotopic (exact) mass is 459 g/mol. The van der Waals surface area contributed by atoms with Gasteiger partial charge in [-0.1, -0.05) is 67.6 Å². The summed E-state index contributed by atoms with van der Waals surface area (Å²) >= 11 is 0. The molecule has 0 bridgehead atoms. The minimum atomic E-state index is -1.04. The first kappa shape index (κ1) is 23.2. The molecule has 6 heteroatoms. The highest BCUT2D eigenvalue weighted by Gasteiger charge is 2.46. The van der Waals surface area contributed by atoms with E-state index in [1.54, 1.807) is 36.4 Å². The van der Waals surface area contributed by atoms with Crippen molar-refractivity contribution >= 4 is 17.4 Å². The number of nitrogens with zero attached hydrogens (tertiary/aromatic N) is 1. The van der Waals surface area contributed by atoms with Crippen LogP contribution in [-0.4, -0.2) is 34.8 Å². The van der Waals surface area contributed by atoms with Crippen molar-refractivity contribution in [3.63, 3.8) is 0 Å². The van der Waals surface area contributed by atoms with E-state index in [-0.39, 0.29) is 23.4 Å². The molecular formula is C28H26FNO4. The average molecular weight is 460 g/mol. The number of amides is 1. The topological polar surface area (TPSA) is 66.8 Å². The van der Waals surface area contributed by atoms with Crippen LogP contribution in [0.5, 0.6) is 5.75 Å². The van der Waals surface area contributed by atoms with Gasteiger partial charge in [0.05, 0.1) is 18.2 Å². The van der Waals surface area contributed by atoms with E-state index in [4.69, 9.17) is 4.74 Å². The standard InChI is InChI=1S/C28H26FNO4/c1-2-17-34-21-12-8-11-20(18-21)26(31)24-25(22-13-6-7-14-23(22)29)30(28(33)27(24)32)16-15-19-9-4-3-5-10-19/h3-14,18,25,31H,2,15-17H2,1H3/b26-24+. The van der Waals surface area contributed by atoms with E-state index in [2.05, 4.69) is 0 Å². The van der Waals surface area contributed by atoms with Crippen molar-refractivity contribution in [1.29, 1.82) is 0 Å². The lowest BCUT2D eigenvalue weighted by Crippen LogP contribution is -2.32. The summed E-state index contributed by atoms with van der Waals surface area (Å²) in [5.74, 6) is -1.96. The van der Waals surface area contributed by atoms with Crippen LogP contribution in [0.3, 0.4) is 0 Å². The van der Waals surface area contributed by atoms with Crippen LogP contribution in [-0.2, 0) is 16.0 Å². The van der Waals surface area contributed by atoms with Gasteiger partial charge in [0, 0.05) is 17.7 Å². The van der Waals surface area contributed by atoms with Gasteiger partial charge in [0.25, 0.3) is 11.7 Å². The molecule has 1 amide bonds. The molecule has 1 saturated heterocycles. The highest BCUT2D eigenvalue weighted by atomic mass is 19.1. The van der Waals surface area contributed by atoms with Gasteiger partial charge in [0.1, 0.15) is 17.3 Å². The fraction of sp³-hybridized carbons (Fsp3) is 0.214. The van der Waals surface area contributed by atoms with Crippen molar-refractivity contribution in [3.8, 4) is 5.75 Å². The van der Waals surface area contributed by atoms with Gasteiger partial charge in [-0.05, 0) is 36.6 Å². The SMILES string of the molecule is CCCOc1cccc(/C(O)=C2\C(=O)C(=O)N(CCc3ccccc3)C2c2ccccc2F)c1. The molecule has 3 aromatic rings. The average Bonchev–Trinajstić information content (AvgIpc) is 3.11. The first-order chi connectivity index (χ1) is 16.5. The second kappa shape index (κ2) is 10.3. The summed E-state index contributed by atoms with van der Waals surface area (Å²) in [5, 5.41) is 11.2. The van der Waals surface area contributed by atoms with Crippen LogP contribution in [0.1, 0.15) is 36.1 Å². The van der Waals surface area contributed by atoms with Crippen molar-refractivity contribution in [2.75, 3.05) is 13.2 Å². The van der Waals surface area contributed by atoms with Gasteiger partial charge >= 0.3 is 0 Å². The number of Topliss-reactive ketones (excluding diaryl/α,β-unsaturated/α-hetero) is 1. The first-order valence-electron chi connectivity index (χ1n) is 11.3. The molecule has 1 aliphatic heterocycles. The van der Waals surface area contributed by atoms with Gasteiger partial charge in [-0.25, -0.2) is 4.39 Å². The van der Waals surface area contributed by atoms with E-state index in [1.165, 1.54) is 17.0 Å². The van der Waals surface area contributed by atoms with Gasteiger partial charge in [0.15, 0.2) is 0 Å². The molecule has 1 unspecified atom stereocenters. The lowest BCUT2D eigenvalue weighted by Gasteiger charge is -2.25. The highest BCUT2D eigenvalue weighted by Crippen LogP contribution is 2.40. The second-order valence-corrected chi connectivity index (χ2v) is 8.13. The van der Waals surface area contributed by atoms with Crippen LogP contribution in [0.2, 0.25) is 0 Å². The van der Waals surface area contributed by atoms with Gasteiger partial charge < -0.3 is 14.7 Å². The largest absolute Gasteiger partial charge is 0.507 e. The number of carbonyl (C=O) groups is 2. The fourth-order valence-electron chi connectivity index (χ4n) is 4.13. The van der Waals surface area contributed by atoms with Crippen molar-refractivity contribution in [1.82, 2.24) is 4.90 Å². The van der Waals surface area contributed by atoms with Crippen molar-refractivity contribution < 1.29 is 23.8 Å².